The van der Waals surface area contributed by atoms with Crippen LogP contribution in [-0.4, -0.2) is 14.2 Å². The summed E-state index contributed by atoms with van der Waals surface area (Å²) in [5, 5.41) is 0. The average Bonchev–Trinajstić information content (AvgIpc) is 2.37. The van der Waals surface area contributed by atoms with Crippen LogP contribution in [0.15, 0.2) is 42.1 Å². The molecule has 0 fully saturated rings. The Bertz CT molecular complexity index is 505. The molecule has 2 rings (SSSR count). The van der Waals surface area contributed by atoms with Crippen molar-refractivity contribution in [3.63, 3.8) is 0 Å². The molecule has 1 unspecified atom stereocenters. The van der Waals surface area contributed by atoms with Crippen molar-refractivity contribution in [2.45, 2.75) is 18.8 Å². The summed E-state index contributed by atoms with van der Waals surface area (Å²) in [4.78, 5) is 0. The van der Waals surface area contributed by atoms with Gasteiger partial charge in [-0.1, -0.05) is 25.1 Å². The topological polar surface area (TPSA) is 44.5 Å². The van der Waals surface area contributed by atoms with Crippen molar-refractivity contribution in [2.75, 3.05) is 14.2 Å². The molecule has 0 saturated carbocycles. The van der Waals surface area contributed by atoms with Gasteiger partial charge < -0.3 is 15.2 Å². The highest BCUT2D eigenvalue weighted by Gasteiger charge is 2.27. The Hall–Kier alpha value is -1.90. The van der Waals surface area contributed by atoms with Crippen molar-refractivity contribution >= 4 is 0 Å². The molecule has 0 heterocycles. The summed E-state index contributed by atoms with van der Waals surface area (Å²) < 4.78 is 10.6. The van der Waals surface area contributed by atoms with E-state index in [1.165, 1.54) is 5.56 Å². The predicted molar refractivity (Wildman–Crippen MR) is 72.9 cm³/mol. The molecule has 0 spiro atoms. The van der Waals surface area contributed by atoms with Crippen LogP contribution >= 0.6 is 0 Å². The summed E-state index contributed by atoms with van der Waals surface area (Å²) in [5.74, 6) is 1.49. The van der Waals surface area contributed by atoms with Crippen LogP contribution in [0.1, 0.15) is 18.9 Å². The van der Waals surface area contributed by atoms with Crippen LogP contribution < -0.4 is 15.2 Å². The normalized spacial score (nSPS) is 22.5. The summed E-state index contributed by atoms with van der Waals surface area (Å²) in [6.07, 6.45) is 6.95. The first-order chi connectivity index (χ1) is 8.59. The molecule has 3 heteroatoms. The average molecular weight is 245 g/mol. The quantitative estimate of drug-likeness (QED) is 0.890. The first-order valence-electron chi connectivity index (χ1n) is 5.95. The molecule has 0 aliphatic heterocycles. The molecule has 1 aromatic rings. The lowest BCUT2D eigenvalue weighted by atomic mass is 9.76. The minimum atomic E-state index is -0.0849. The van der Waals surface area contributed by atoms with Gasteiger partial charge >= 0.3 is 0 Å². The molecule has 0 aromatic heterocycles. The number of hydrogen-bond acceptors (Lipinski definition) is 3. The van der Waals surface area contributed by atoms with Crippen LogP contribution in [0.3, 0.4) is 0 Å². The number of benzene rings is 1. The summed E-state index contributed by atoms with van der Waals surface area (Å²) in [6, 6.07) is 6.01. The molecule has 1 aromatic carbocycles. The van der Waals surface area contributed by atoms with Crippen LogP contribution in [0.5, 0.6) is 11.5 Å². The number of ether oxygens (including phenoxy) is 2. The van der Waals surface area contributed by atoms with Gasteiger partial charge in [-0.15, -0.1) is 0 Å². The number of methoxy groups -OCH3 is 2. The second-order valence-electron chi connectivity index (χ2n) is 4.76. The smallest absolute Gasteiger partial charge is 0.161 e. The fraction of sp³-hybridized carbons (Fsp3) is 0.333. The SMILES string of the molecule is COc1ccc(C2(C)C=CC=C(N)C2)cc1OC. The van der Waals surface area contributed by atoms with E-state index in [0.717, 1.165) is 23.6 Å². The Balaban J connectivity index is 2.40. The van der Waals surface area contributed by atoms with Crippen LogP contribution in [0, 0.1) is 0 Å². The highest BCUT2D eigenvalue weighted by atomic mass is 16.5. The van der Waals surface area contributed by atoms with Crippen molar-refractivity contribution in [3.05, 3.63) is 47.7 Å². The van der Waals surface area contributed by atoms with Gasteiger partial charge in [-0.25, -0.2) is 0 Å². The zero-order valence-electron chi connectivity index (χ0n) is 11.1. The first-order valence-corrected chi connectivity index (χ1v) is 5.95. The Morgan fingerprint density at radius 3 is 2.50 bits per heavy atom. The van der Waals surface area contributed by atoms with Crippen LogP contribution in [0.25, 0.3) is 0 Å². The second kappa shape index (κ2) is 4.77. The van der Waals surface area contributed by atoms with Crippen LogP contribution in [0.2, 0.25) is 0 Å². The van der Waals surface area contributed by atoms with Crippen LogP contribution in [-0.2, 0) is 5.41 Å². The highest BCUT2D eigenvalue weighted by molar-refractivity contribution is 5.47. The summed E-state index contributed by atoms with van der Waals surface area (Å²) >= 11 is 0. The molecule has 1 aliphatic rings. The van der Waals surface area contributed by atoms with Crippen molar-refractivity contribution < 1.29 is 9.47 Å². The minimum Gasteiger partial charge on any atom is -0.493 e. The van der Waals surface area contributed by atoms with E-state index in [0.29, 0.717) is 0 Å². The third-order valence-corrected chi connectivity index (χ3v) is 3.39. The molecule has 0 saturated heterocycles. The maximum absolute atomic E-state index is 5.93. The van der Waals surface area contributed by atoms with Gasteiger partial charge in [0.2, 0.25) is 0 Å². The summed E-state index contributed by atoms with van der Waals surface area (Å²) in [7, 11) is 3.29. The van der Waals surface area contributed by atoms with Crippen molar-refractivity contribution in [2.24, 2.45) is 5.73 Å². The Morgan fingerprint density at radius 2 is 1.89 bits per heavy atom. The lowest BCUT2D eigenvalue weighted by molar-refractivity contribution is 0.353. The van der Waals surface area contributed by atoms with Gasteiger partial charge in [0.1, 0.15) is 0 Å². The molecule has 96 valence electrons. The first kappa shape index (κ1) is 12.6. The molecular weight excluding hydrogens is 226 g/mol. The number of nitrogens with two attached hydrogens (primary N) is 1. The van der Waals surface area contributed by atoms with E-state index < -0.39 is 0 Å². The van der Waals surface area contributed by atoms with Gasteiger partial charge in [0.25, 0.3) is 0 Å². The zero-order valence-corrected chi connectivity index (χ0v) is 11.1. The number of rotatable bonds is 3. The fourth-order valence-electron chi connectivity index (χ4n) is 2.32. The van der Waals surface area contributed by atoms with E-state index in [2.05, 4.69) is 19.1 Å². The summed E-state index contributed by atoms with van der Waals surface area (Å²) in [5.41, 5.74) is 7.91. The maximum atomic E-state index is 5.93. The molecule has 3 nitrogen and oxygen atoms in total. The molecular formula is C15H19NO2. The second-order valence-corrected chi connectivity index (χ2v) is 4.76. The molecule has 2 N–H and O–H groups in total. The molecule has 1 atom stereocenters. The predicted octanol–water partition coefficient (Wildman–Crippen LogP) is 2.76. The van der Waals surface area contributed by atoms with Crippen molar-refractivity contribution in [3.8, 4) is 11.5 Å². The van der Waals surface area contributed by atoms with E-state index in [9.17, 15) is 0 Å². The van der Waals surface area contributed by atoms with Gasteiger partial charge in [0.05, 0.1) is 14.2 Å². The molecule has 0 radical (unpaired) electrons. The van der Waals surface area contributed by atoms with Gasteiger partial charge in [0.15, 0.2) is 11.5 Å². The van der Waals surface area contributed by atoms with Gasteiger partial charge in [-0.2, -0.15) is 0 Å². The Labute approximate surface area is 108 Å². The Kier molecular flexibility index (Phi) is 3.32. The fourth-order valence-corrected chi connectivity index (χ4v) is 2.32. The van der Waals surface area contributed by atoms with E-state index in [4.69, 9.17) is 15.2 Å². The molecule has 1 aliphatic carbocycles. The Morgan fingerprint density at radius 1 is 1.17 bits per heavy atom. The van der Waals surface area contributed by atoms with Gasteiger partial charge in [-0.05, 0) is 30.2 Å². The minimum absolute atomic E-state index is 0.0849. The maximum Gasteiger partial charge on any atom is 0.161 e. The lowest BCUT2D eigenvalue weighted by Crippen LogP contribution is -2.24. The lowest BCUT2D eigenvalue weighted by Gasteiger charge is -2.29. The van der Waals surface area contributed by atoms with E-state index in [1.54, 1.807) is 14.2 Å². The monoisotopic (exact) mass is 245 g/mol. The van der Waals surface area contributed by atoms with Gasteiger partial charge in [0, 0.05) is 11.1 Å². The zero-order chi connectivity index (χ0) is 13.2. The van der Waals surface area contributed by atoms with Crippen LogP contribution in [0.4, 0.5) is 0 Å². The van der Waals surface area contributed by atoms with Crippen molar-refractivity contribution in [1.82, 2.24) is 0 Å². The third-order valence-electron chi connectivity index (χ3n) is 3.39. The highest BCUT2D eigenvalue weighted by Crippen LogP contribution is 2.38. The molecule has 18 heavy (non-hydrogen) atoms. The largest absolute Gasteiger partial charge is 0.493 e. The third kappa shape index (κ3) is 2.21. The summed E-state index contributed by atoms with van der Waals surface area (Å²) in [6.45, 7) is 2.17. The standard InChI is InChI=1S/C15H19NO2/c1-15(8-4-5-12(16)10-15)11-6-7-13(17-2)14(9-11)18-3/h4-9H,10,16H2,1-3H3. The van der Waals surface area contributed by atoms with Crippen molar-refractivity contribution in [1.29, 1.82) is 0 Å². The number of hydrogen-bond donors (Lipinski definition) is 1. The van der Waals surface area contributed by atoms with E-state index >= 15 is 0 Å². The van der Waals surface area contributed by atoms with Gasteiger partial charge in [-0.3, -0.25) is 0 Å². The van der Waals surface area contributed by atoms with E-state index in [1.807, 2.05) is 24.3 Å². The number of allylic oxidation sites excluding steroid dienone is 4. The van der Waals surface area contributed by atoms with E-state index in [-0.39, 0.29) is 5.41 Å². The molecule has 0 amide bonds. The molecule has 0 bridgehead atoms.